The lowest BCUT2D eigenvalue weighted by molar-refractivity contribution is -0.122. The predicted molar refractivity (Wildman–Crippen MR) is 71.0 cm³/mol. The van der Waals surface area contributed by atoms with Gasteiger partial charge in [-0.25, -0.2) is 0 Å². The highest BCUT2D eigenvalue weighted by atomic mass is 16.1. The number of carbonyl (C=O) groups is 1. The van der Waals surface area contributed by atoms with Crippen LogP contribution in [0.2, 0.25) is 0 Å². The predicted octanol–water partition coefficient (Wildman–Crippen LogP) is 0.975. The van der Waals surface area contributed by atoms with Crippen LogP contribution < -0.4 is 10.6 Å². The van der Waals surface area contributed by atoms with Crippen molar-refractivity contribution in [3.63, 3.8) is 0 Å². The Morgan fingerprint density at radius 1 is 1.47 bits per heavy atom. The first-order valence-electron chi connectivity index (χ1n) is 6.75. The molecule has 1 heterocycles. The first kappa shape index (κ1) is 14.5. The van der Waals surface area contributed by atoms with E-state index in [1.165, 1.54) is 19.3 Å². The van der Waals surface area contributed by atoms with Crippen LogP contribution >= 0.6 is 0 Å². The first-order valence-corrected chi connectivity index (χ1v) is 6.75. The highest BCUT2D eigenvalue weighted by molar-refractivity contribution is 5.76. The maximum Gasteiger partial charge on any atom is 0.220 e. The maximum atomic E-state index is 11.7. The van der Waals surface area contributed by atoms with Crippen molar-refractivity contribution in [1.82, 2.24) is 15.5 Å². The second kappa shape index (κ2) is 7.67. The van der Waals surface area contributed by atoms with Crippen molar-refractivity contribution in [3.8, 4) is 0 Å². The van der Waals surface area contributed by atoms with Gasteiger partial charge in [-0.1, -0.05) is 6.42 Å². The third-order valence-corrected chi connectivity index (χ3v) is 3.18. The van der Waals surface area contributed by atoms with Crippen LogP contribution in [0, 0.1) is 0 Å². The number of nitrogens with zero attached hydrogens (tertiary/aromatic N) is 1. The minimum atomic E-state index is 0.187. The fourth-order valence-electron chi connectivity index (χ4n) is 2.42. The smallest absolute Gasteiger partial charge is 0.220 e. The minimum Gasteiger partial charge on any atom is -0.352 e. The summed E-state index contributed by atoms with van der Waals surface area (Å²) in [5.41, 5.74) is 0. The van der Waals surface area contributed by atoms with Crippen molar-refractivity contribution < 1.29 is 4.79 Å². The van der Waals surface area contributed by atoms with E-state index < -0.39 is 0 Å². The van der Waals surface area contributed by atoms with Gasteiger partial charge in [0.1, 0.15) is 0 Å². The van der Waals surface area contributed by atoms with Gasteiger partial charge in [-0.05, 0) is 46.8 Å². The van der Waals surface area contributed by atoms with Gasteiger partial charge in [0.25, 0.3) is 0 Å². The zero-order chi connectivity index (χ0) is 12.7. The lowest BCUT2D eigenvalue weighted by atomic mass is 10.0. The molecule has 1 aliphatic rings. The number of hydrogen-bond acceptors (Lipinski definition) is 3. The van der Waals surface area contributed by atoms with Gasteiger partial charge in [0.15, 0.2) is 0 Å². The topological polar surface area (TPSA) is 44.4 Å². The van der Waals surface area contributed by atoms with Gasteiger partial charge < -0.3 is 15.5 Å². The van der Waals surface area contributed by atoms with E-state index in [1.807, 2.05) is 14.1 Å². The number of amides is 1. The molecule has 1 amide bonds. The number of piperidine rings is 1. The molecule has 2 atom stereocenters. The molecule has 4 nitrogen and oxygen atoms in total. The summed E-state index contributed by atoms with van der Waals surface area (Å²) in [5.74, 6) is 0.187. The Hall–Kier alpha value is -0.610. The van der Waals surface area contributed by atoms with Gasteiger partial charge >= 0.3 is 0 Å². The molecule has 1 fully saturated rings. The normalized spacial score (nSPS) is 22.5. The van der Waals surface area contributed by atoms with Crippen LogP contribution in [0.25, 0.3) is 0 Å². The van der Waals surface area contributed by atoms with E-state index in [0.717, 1.165) is 19.5 Å². The molecule has 2 N–H and O–H groups in total. The van der Waals surface area contributed by atoms with E-state index in [9.17, 15) is 4.79 Å². The molecule has 0 radical (unpaired) electrons. The molecule has 4 heteroatoms. The van der Waals surface area contributed by atoms with E-state index in [4.69, 9.17) is 0 Å². The number of rotatable bonds is 6. The molecule has 0 bridgehead atoms. The van der Waals surface area contributed by atoms with E-state index in [2.05, 4.69) is 22.5 Å². The van der Waals surface area contributed by atoms with Gasteiger partial charge in [0, 0.05) is 25.0 Å². The second-order valence-electron chi connectivity index (χ2n) is 5.42. The van der Waals surface area contributed by atoms with Gasteiger partial charge in [-0.3, -0.25) is 4.79 Å². The molecule has 1 aliphatic heterocycles. The molecule has 17 heavy (non-hydrogen) atoms. The third kappa shape index (κ3) is 6.64. The molecule has 0 aromatic rings. The lowest BCUT2D eigenvalue weighted by Gasteiger charge is -2.23. The van der Waals surface area contributed by atoms with Crippen molar-refractivity contribution >= 4 is 5.91 Å². The Morgan fingerprint density at radius 3 is 2.82 bits per heavy atom. The summed E-state index contributed by atoms with van der Waals surface area (Å²) in [6.07, 6.45) is 5.43. The number of hydrogen-bond donors (Lipinski definition) is 2. The molecule has 0 aliphatic carbocycles. The zero-order valence-electron chi connectivity index (χ0n) is 11.5. The zero-order valence-corrected chi connectivity index (χ0v) is 11.5. The number of likely N-dealkylation sites (N-methyl/N-ethyl adjacent to an activating group) is 1. The summed E-state index contributed by atoms with van der Waals surface area (Å²) in [4.78, 5) is 13.8. The number of carbonyl (C=O) groups excluding carboxylic acids is 1. The Bertz CT molecular complexity index is 225. The van der Waals surface area contributed by atoms with Crippen molar-refractivity contribution in [2.75, 3.05) is 27.2 Å². The van der Waals surface area contributed by atoms with Crippen LogP contribution in [0.3, 0.4) is 0 Å². The Balaban J connectivity index is 2.11. The third-order valence-electron chi connectivity index (χ3n) is 3.18. The van der Waals surface area contributed by atoms with E-state index in [1.54, 1.807) is 0 Å². The van der Waals surface area contributed by atoms with Gasteiger partial charge in [0.2, 0.25) is 5.91 Å². The molecule has 100 valence electrons. The van der Waals surface area contributed by atoms with Crippen LogP contribution in [-0.2, 0) is 4.79 Å². The fourth-order valence-corrected chi connectivity index (χ4v) is 2.42. The Morgan fingerprint density at radius 2 is 2.24 bits per heavy atom. The van der Waals surface area contributed by atoms with E-state index in [-0.39, 0.29) is 11.9 Å². The molecule has 0 spiro atoms. The fraction of sp³-hybridized carbons (Fsp3) is 0.923. The summed E-state index contributed by atoms with van der Waals surface area (Å²) in [5, 5.41) is 6.51. The van der Waals surface area contributed by atoms with Crippen LogP contribution in [0.1, 0.15) is 39.0 Å². The summed E-state index contributed by atoms with van der Waals surface area (Å²) in [6.45, 7) is 4.06. The van der Waals surface area contributed by atoms with Crippen molar-refractivity contribution in [3.05, 3.63) is 0 Å². The number of nitrogens with one attached hydrogen (secondary N) is 2. The SMILES string of the molecule is CC(CN(C)C)NC(=O)CCC1CCCCN1. The molecular formula is C13H27N3O. The largest absolute Gasteiger partial charge is 0.352 e. The van der Waals surface area contributed by atoms with Gasteiger partial charge in [-0.15, -0.1) is 0 Å². The standard InChI is InChI=1S/C13H27N3O/c1-11(10-16(2)3)15-13(17)8-7-12-6-4-5-9-14-12/h11-12,14H,4-10H2,1-3H3,(H,15,17). The summed E-state index contributed by atoms with van der Waals surface area (Å²) < 4.78 is 0. The summed E-state index contributed by atoms with van der Waals surface area (Å²) in [6, 6.07) is 0.787. The molecular weight excluding hydrogens is 214 g/mol. The summed E-state index contributed by atoms with van der Waals surface area (Å²) in [7, 11) is 4.04. The Labute approximate surface area is 105 Å². The van der Waals surface area contributed by atoms with Crippen molar-refractivity contribution in [1.29, 1.82) is 0 Å². The first-order chi connectivity index (χ1) is 8.08. The van der Waals surface area contributed by atoms with Crippen LogP contribution in [0.15, 0.2) is 0 Å². The van der Waals surface area contributed by atoms with E-state index >= 15 is 0 Å². The van der Waals surface area contributed by atoms with E-state index in [0.29, 0.717) is 12.5 Å². The van der Waals surface area contributed by atoms with Crippen LogP contribution in [0.4, 0.5) is 0 Å². The highest BCUT2D eigenvalue weighted by Gasteiger charge is 2.14. The average Bonchev–Trinajstić information content (AvgIpc) is 2.26. The molecule has 0 aromatic heterocycles. The van der Waals surface area contributed by atoms with Gasteiger partial charge in [-0.2, -0.15) is 0 Å². The van der Waals surface area contributed by atoms with Crippen molar-refractivity contribution in [2.24, 2.45) is 0 Å². The highest BCUT2D eigenvalue weighted by Crippen LogP contribution is 2.11. The van der Waals surface area contributed by atoms with Gasteiger partial charge in [0.05, 0.1) is 0 Å². The molecule has 0 saturated carbocycles. The van der Waals surface area contributed by atoms with Crippen LogP contribution in [-0.4, -0.2) is 50.1 Å². The minimum absolute atomic E-state index is 0.187. The van der Waals surface area contributed by atoms with Crippen molar-refractivity contribution in [2.45, 2.75) is 51.1 Å². The average molecular weight is 241 g/mol. The quantitative estimate of drug-likeness (QED) is 0.728. The Kier molecular flexibility index (Phi) is 6.52. The molecule has 0 aromatic carbocycles. The maximum absolute atomic E-state index is 11.7. The lowest BCUT2D eigenvalue weighted by Crippen LogP contribution is -2.40. The molecule has 2 unspecified atom stereocenters. The molecule has 1 rings (SSSR count). The second-order valence-corrected chi connectivity index (χ2v) is 5.42. The summed E-state index contributed by atoms with van der Waals surface area (Å²) >= 11 is 0. The monoisotopic (exact) mass is 241 g/mol. The van der Waals surface area contributed by atoms with Crippen LogP contribution in [0.5, 0.6) is 0 Å². The molecule has 1 saturated heterocycles.